The quantitative estimate of drug-likeness (QED) is 0.821. The summed E-state index contributed by atoms with van der Waals surface area (Å²) in [7, 11) is 0. The molecule has 0 aliphatic rings. The molecule has 94 valence electrons. The molecule has 0 saturated heterocycles. The van der Waals surface area contributed by atoms with Crippen LogP contribution in [0.15, 0.2) is 18.3 Å². The van der Waals surface area contributed by atoms with Gasteiger partial charge in [0, 0.05) is 18.4 Å². The molecule has 0 bridgehead atoms. The Kier molecular flexibility index (Phi) is 5.42. The zero-order valence-electron chi connectivity index (χ0n) is 10.5. The van der Waals surface area contributed by atoms with Crippen LogP contribution in [-0.2, 0) is 0 Å². The van der Waals surface area contributed by atoms with Crippen LogP contribution >= 0.6 is 11.6 Å². The van der Waals surface area contributed by atoms with Crippen molar-refractivity contribution in [2.24, 2.45) is 5.92 Å². The van der Waals surface area contributed by atoms with E-state index in [0.717, 1.165) is 12.1 Å². The van der Waals surface area contributed by atoms with E-state index >= 15 is 0 Å². The summed E-state index contributed by atoms with van der Waals surface area (Å²) in [5.41, 5.74) is 1.35. The maximum Gasteiger partial charge on any atom is 0.253 e. The normalized spacial score (nSPS) is 12.5. The van der Waals surface area contributed by atoms with Gasteiger partial charge in [-0.3, -0.25) is 9.78 Å². The Hall–Kier alpha value is -1.09. The summed E-state index contributed by atoms with van der Waals surface area (Å²) >= 11 is 6.12. The first-order valence-electron chi connectivity index (χ1n) is 5.84. The Balaban J connectivity index is 2.48. The molecule has 1 N–H and O–H groups in total. The number of halogens is 1. The fourth-order valence-electron chi connectivity index (χ4n) is 1.62. The highest BCUT2D eigenvalue weighted by Gasteiger charge is 2.12. The number of aromatic nitrogens is 1. The van der Waals surface area contributed by atoms with Gasteiger partial charge >= 0.3 is 0 Å². The van der Waals surface area contributed by atoms with Crippen LogP contribution in [-0.4, -0.2) is 22.8 Å². The lowest BCUT2D eigenvalue weighted by Gasteiger charge is -2.13. The number of rotatable bonds is 5. The van der Waals surface area contributed by atoms with Gasteiger partial charge in [0.1, 0.15) is 0 Å². The van der Waals surface area contributed by atoms with Gasteiger partial charge in [0.15, 0.2) is 0 Å². The van der Waals surface area contributed by atoms with E-state index in [4.69, 9.17) is 11.6 Å². The van der Waals surface area contributed by atoms with Crippen LogP contribution in [0.3, 0.4) is 0 Å². The Bertz CT molecular complexity index is 379. The van der Waals surface area contributed by atoms with Gasteiger partial charge in [0.25, 0.3) is 5.91 Å². The summed E-state index contributed by atoms with van der Waals surface area (Å²) in [5.74, 6) is 0.430. The SMILES string of the molecule is Cc1ncccc1C(=O)NCC(Cl)CC(C)C. The topological polar surface area (TPSA) is 42.0 Å². The first kappa shape index (κ1) is 14.0. The molecule has 1 aromatic heterocycles. The third kappa shape index (κ3) is 4.73. The van der Waals surface area contributed by atoms with Crippen LogP contribution in [0.4, 0.5) is 0 Å². The molecule has 1 unspecified atom stereocenters. The van der Waals surface area contributed by atoms with Crippen LogP contribution in [0.5, 0.6) is 0 Å². The third-order valence-electron chi connectivity index (χ3n) is 2.46. The van der Waals surface area contributed by atoms with E-state index in [-0.39, 0.29) is 11.3 Å². The number of carbonyl (C=O) groups is 1. The van der Waals surface area contributed by atoms with Gasteiger partial charge < -0.3 is 5.32 Å². The van der Waals surface area contributed by atoms with Gasteiger partial charge in [-0.1, -0.05) is 13.8 Å². The molecule has 0 aromatic carbocycles. The lowest BCUT2D eigenvalue weighted by molar-refractivity contribution is 0.0952. The Morgan fingerprint density at radius 3 is 2.82 bits per heavy atom. The first-order chi connectivity index (χ1) is 8.00. The highest BCUT2D eigenvalue weighted by molar-refractivity contribution is 6.21. The highest BCUT2D eigenvalue weighted by atomic mass is 35.5. The van der Waals surface area contributed by atoms with Crippen LogP contribution in [0, 0.1) is 12.8 Å². The minimum absolute atomic E-state index is 0.0177. The van der Waals surface area contributed by atoms with Crippen molar-refractivity contribution in [3.05, 3.63) is 29.6 Å². The monoisotopic (exact) mass is 254 g/mol. The number of hydrogen-bond donors (Lipinski definition) is 1. The number of alkyl halides is 1. The van der Waals surface area contributed by atoms with Crippen molar-refractivity contribution >= 4 is 17.5 Å². The number of nitrogens with one attached hydrogen (secondary N) is 1. The Morgan fingerprint density at radius 1 is 1.53 bits per heavy atom. The Morgan fingerprint density at radius 2 is 2.24 bits per heavy atom. The second kappa shape index (κ2) is 6.60. The minimum Gasteiger partial charge on any atom is -0.350 e. The summed E-state index contributed by atoms with van der Waals surface area (Å²) in [6.07, 6.45) is 2.57. The number of carbonyl (C=O) groups excluding carboxylic acids is 1. The van der Waals surface area contributed by atoms with Crippen molar-refractivity contribution in [1.29, 1.82) is 0 Å². The summed E-state index contributed by atoms with van der Waals surface area (Å²) in [6.45, 7) is 6.54. The average Bonchev–Trinajstić information content (AvgIpc) is 2.25. The maximum atomic E-state index is 11.8. The second-order valence-electron chi connectivity index (χ2n) is 4.57. The van der Waals surface area contributed by atoms with Crippen LogP contribution in [0.1, 0.15) is 36.3 Å². The number of aryl methyl sites for hydroxylation is 1. The van der Waals surface area contributed by atoms with Gasteiger partial charge in [-0.05, 0) is 31.4 Å². The van der Waals surface area contributed by atoms with E-state index in [1.807, 2.05) is 6.92 Å². The molecule has 17 heavy (non-hydrogen) atoms. The van der Waals surface area contributed by atoms with E-state index in [1.54, 1.807) is 18.3 Å². The van der Waals surface area contributed by atoms with Gasteiger partial charge in [-0.25, -0.2) is 0 Å². The van der Waals surface area contributed by atoms with E-state index in [2.05, 4.69) is 24.1 Å². The highest BCUT2D eigenvalue weighted by Crippen LogP contribution is 2.10. The zero-order chi connectivity index (χ0) is 12.8. The number of pyridine rings is 1. The lowest BCUT2D eigenvalue weighted by atomic mass is 10.1. The molecule has 1 heterocycles. The van der Waals surface area contributed by atoms with Crippen molar-refractivity contribution in [3.63, 3.8) is 0 Å². The largest absolute Gasteiger partial charge is 0.350 e. The van der Waals surface area contributed by atoms with Crippen molar-refractivity contribution < 1.29 is 4.79 Å². The molecule has 1 aromatic rings. The first-order valence-corrected chi connectivity index (χ1v) is 6.28. The molecular formula is C13H19ClN2O. The predicted molar refractivity (Wildman–Crippen MR) is 70.4 cm³/mol. The van der Waals surface area contributed by atoms with Gasteiger partial charge in [0.05, 0.1) is 10.9 Å². The van der Waals surface area contributed by atoms with Crippen LogP contribution < -0.4 is 5.32 Å². The number of nitrogens with zero attached hydrogens (tertiary/aromatic N) is 1. The molecule has 1 amide bonds. The smallest absolute Gasteiger partial charge is 0.253 e. The van der Waals surface area contributed by atoms with E-state index in [0.29, 0.717) is 18.0 Å². The van der Waals surface area contributed by atoms with E-state index in [9.17, 15) is 4.79 Å². The van der Waals surface area contributed by atoms with Crippen LogP contribution in [0.25, 0.3) is 0 Å². The Labute approximate surface area is 108 Å². The molecule has 0 radical (unpaired) electrons. The van der Waals surface area contributed by atoms with Gasteiger partial charge in [-0.2, -0.15) is 0 Å². The minimum atomic E-state index is -0.106. The summed E-state index contributed by atoms with van der Waals surface area (Å²) in [6, 6.07) is 3.53. The lowest BCUT2D eigenvalue weighted by Crippen LogP contribution is -2.30. The van der Waals surface area contributed by atoms with Crippen molar-refractivity contribution in [2.45, 2.75) is 32.6 Å². The second-order valence-corrected chi connectivity index (χ2v) is 5.19. The fraction of sp³-hybridized carbons (Fsp3) is 0.538. The number of hydrogen-bond acceptors (Lipinski definition) is 2. The maximum absolute atomic E-state index is 11.8. The summed E-state index contributed by atoms with van der Waals surface area (Å²) in [4.78, 5) is 15.9. The van der Waals surface area contributed by atoms with Gasteiger partial charge in [-0.15, -0.1) is 11.6 Å². The van der Waals surface area contributed by atoms with Crippen molar-refractivity contribution in [2.75, 3.05) is 6.54 Å². The van der Waals surface area contributed by atoms with Crippen LogP contribution in [0.2, 0.25) is 0 Å². The zero-order valence-corrected chi connectivity index (χ0v) is 11.3. The fourth-order valence-corrected chi connectivity index (χ4v) is 2.05. The molecular weight excluding hydrogens is 236 g/mol. The molecule has 1 atom stereocenters. The van der Waals surface area contributed by atoms with E-state index < -0.39 is 0 Å². The predicted octanol–water partition coefficient (Wildman–Crippen LogP) is 2.77. The molecule has 1 rings (SSSR count). The standard InChI is InChI=1S/C13H19ClN2O/c1-9(2)7-11(14)8-16-13(17)12-5-4-6-15-10(12)3/h4-6,9,11H,7-8H2,1-3H3,(H,16,17). The molecule has 0 aliphatic heterocycles. The molecule has 0 aliphatic carbocycles. The molecule has 0 spiro atoms. The molecule has 0 fully saturated rings. The average molecular weight is 255 g/mol. The van der Waals surface area contributed by atoms with Crippen molar-refractivity contribution in [1.82, 2.24) is 10.3 Å². The molecule has 3 nitrogen and oxygen atoms in total. The van der Waals surface area contributed by atoms with Crippen molar-refractivity contribution in [3.8, 4) is 0 Å². The molecule has 0 saturated carbocycles. The van der Waals surface area contributed by atoms with Gasteiger partial charge in [0.2, 0.25) is 0 Å². The molecule has 4 heteroatoms. The summed E-state index contributed by atoms with van der Waals surface area (Å²) in [5, 5.41) is 2.82. The summed E-state index contributed by atoms with van der Waals surface area (Å²) < 4.78 is 0. The van der Waals surface area contributed by atoms with E-state index in [1.165, 1.54) is 0 Å². The third-order valence-corrected chi connectivity index (χ3v) is 2.80. The number of amides is 1.